The fourth-order valence-electron chi connectivity index (χ4n) is 3.19. The third-order valence-electron chi connectivity index (χ3n) is 4.48. The lowest BCUT2D eigenvalue weighted by atomic mass is 10.2. The van der Waals surface area contributed by atoms with E-state index in [4.69, 9.17) is 10.3 Å². The van der Waals surface area contributed by atoms with Crippen LogP contribution in [0.25, 0.3) is 0 Å². The van der Waals surface area contributed by atoms with Crippen LogP contribution in [0.1, 0.15) is 34.7 Å². The van der Waals surface area contributed by atoms with Crippen molar-refractivity contribution in [1.82, 2.24) is 9.46 Å². The summed E-state index contributed by atoms with van der Waals surface area (Å²) in [7, 11) is -3.91. The molecule has 2 amide bonds. The summed E-state index contributed by atoms with van der Waals surface area (Å²) in [5, 5.41) is 6.39. The van der Waals surface area contributed by atoms with Crippen LogP contribution in [0.4, 0.5) is 5.69 Å². The van der Waals surface area contributed by atoms with E-state index in [1.54, 1.807) is 19.1 Å². The molecule has 3 rings (SSSR count). The lowest BCUT2D eigenvalue weighted by Gasteiger charge is -2.23. The average Bonchev–Trinajstić information content (AvgIpc) is 3.23. The van der Waals surface area contributed by atoms with E-state index in [2.05, 4.69) is 10.5 Å². The van der Waals surface area contributed by atoms with Crippen molar-refractivity contribution in [1.29, 1.82) is 0 Å². The number of amides is 2. The van der Waals surface area contributed by atoms with E-state index in [-0.39, 0.29) is 22.9 Å². The van der Waals surface area contributed by atoms with Crippen molar-refractivity contribution in [3.05, 3.63) is 41.3 Å². The van der Waals surface area contributed by atoms with Crippen LogP contribution in [-0.4, -0.2) is 42.3 Å². The Morgan fingerprint density at radius 3 is 2.48 bits per heavy atom. The molecule has 0 unspecified atom stereocenters. The van der Waals surface area contributed by atoms with E-state index < -0.39 is 27.9 Å². The first-order valence-corrected chi connectivity index (χ1v) is 9.81. The van der Waals surface area contributed by atoms with E-state index in [1.165, 1.54) is 23.4 Å². The predicted octanol–water partition coefficient (Wildman–Crippen LogP) is 1.18. The fraction of sp³-hybridized carbons (Fsp3) is 0.353. The highest BCUT2D eigenvalue weighted by atomic mass is 32.2. The molecule has 0 spiro atoms. The molecule has 2 heterocycles. The highest BCUT2D eigenvalue weighted by Crippen LogP contribution is 2.30. The van der Waals surface area contributed by atoms with E-state index >= 15 is 0 Å². The average molecular weight is 392 g/mol. The number of carbonyl (C=O) groups is 2. The molecule has 1 aliphatic heterocycles. The van der Waals surface area contributed by atoms with Gasteiger partial charge in [-0.1, -0.05) is 5.16 Å². The Bertz CT molecular complexity index is 962. The third-order valence-corrected chi connectivity index (χ3v) is 6.63. The fourth-order valence-corrected chi connectivity index (χ4v) is 5.14. The summed E-state index contributed by atoms with van der Waals surface area (Å²) in [6, 6.07) is 5.23. The topological polar surface area (TPSA) is 136 Å². The molecule has 0 bridgehead atoms. The maximum Gasteiger partial charge on any atom is 0.249 e. The lowest BCUT2D eigenvalue weighted by molar-refractivity contribution is -0.119. The Balaban J connectivity index is 1.81. The van der Waals surface area contributed by atoms with Crippen LogP contribution in [-0.2, 0) is 14.8 Å². The Morgan fingerprint density at radius 1 is 1.26 bits per heavy atom. The van der Waals surface area contributed by atoms with Crippen LogP contribution in [0.5, 0.6) is 0 Å². The highest BCUT2D eigenvalue weighted by molar-refractivity contribution is 7.89. The van der Waals surface area contributed by atoms with Crippen molar-refractivity contribution in [3.8, 4) is 0 Å². The standard InChI is InChI=1S/C17H20N4O5S/c1-10-15(11(2)26-20-10)27(24,25)21-9-3-4-14(21)17(23)19-13-7-5-12(6-8-13)16(18)22/h5-8,14H,3-4,9H2,1-2H3,(H2,18,22)(H,19,23)/t14-/m0/s1. The molecule has 10 heteroatoms. The molecule has 1 aliphatic rings. The summed E-state index contributed by atoms with van der Waals surface area (Å²) in [6.45, 7) is 3.32. The van der Waals surface area contributed by atoms with E-state index in [9.17, 15) is 18.0 Å². The number of hydrogen-bond acceptors (Lipinski definition) is 6. The number of sulfonamides is 1. The van der Waals surface area contributed by atoms with Gasteiger partial charge in [-0.2, -0.15) is 4.31 Å². The van der Waals surface area contributed by atoms with Crippen LogP contribution < -0.4 is 11.1 Å². The second-order valence-electron chi connectivity index (χ2n) is 6.36. The Kier molecular flexibility index (Phi) is 5.03. The first kappa shape index (κ1) is 19.1. The van der Waals surface area contributed by atoms with Crippen LogP contribution in [0.3, 0.4) is 0 Å². The van der Waals surface area contributed by atoms with Crippen molar-refractivity contribution in [2.75, 3.05) is 11.9 Å². The first-order chi connectivity index (χ1) is 12.7. The zero-order chi connectivity index (χ0) is 19.8. The summed E-state index contributed by atoms with van der Waals surface area (Å²) in [6.07, 6.45) is 0.981. The first-order valence-electron chi connectivity index (χ1n) is 8.37. The van der Waals surface area contributed by atoms with Gasteiger partial charge < -0.3 is 15.6 Å². The van der Waals surface area contributed by atoms with Crippen molar-refractivity contribution >= 4 is 27.5 Å². The van der Waals surface area contributed by atoms with Gasteiger partial charge in [0, 0.05) is 17.8 Å². The lowest BCUT2D eigenvalue weighted by Crippen LogP contribution is -2.43. The summed E-state index contributed by atoms with van der Waals surface area (Å²) < 4.78 is 32.2. The quantitative estimate of drug-likeness (QED) is 0.784. The smallest absolute Gasteiger partial charge is 0.249 e. The Hall–Kier alpha value is -2.72. The summed E-state index contributed by atoms with van der Waals surface area (Å²) in [4.78, 5) is 23.8. The van der Waals surface area contributed by atoms with Crippen LogP contribution in [0.15, 0.2) is 33.7 Å². The van der Waals surface area contributed by atoms with Gasteiger partial charge in [-0.15, -0.1) is 0 Å². The normalized spacial score (nSPS) is 17.8. The van der Waals surface area contributed by atoms with Gasteiger partial charge in [0.25, 0.3) is 0 Å². The third kappa shape index (κ3) is 3.58. The molecule has 3 N–H and O–H groups in total. The summed E-state index contributed by atoms with van der Waals surface area (Å²) in [5.74, 6) is -0.810. The van der Waals surface area contributed by atoms with Crippen molar-refractivity contribution in [2.24, 2.45) is 5.73 Å². The summed E-state index contributed by atoms with van der Waals surface area (Å²) >= 11 is 0. The predicted molar refractivity (Wildman–Crippen MR) is 96.5 cm³/mol. The van der Waals surface area contributed by atoms with Gasteiger partial charge in [-0.25, -0.2) is 8.42 Å². The molecule has 144 valence electrons. The molecule has 0 saturated carbocycles. The number of benzene rings is 1. The van der Waals surface area contributed by atoms with Crippen molar-refractivity contribution in [2.45, 2.75) is 37.6 Å². The molecule has 0 aliphatic carbocycles. The molecule has 1 atom stereocenters. The number of aromatic nitrogens is 1. The van der Waals surface area contributed by atoms with Crippen LogP contribution in [0.2, 0.25) is 0 Å². The molecule has 1 aromatic heterocycles. The molecule has 1 fully saturated rings. The number of carbonyl (C=O) groups excluding carboxylic acids is 2. The molecule has 2 aromatic rings. The molecule has 1 saturated heterocycles. The Labute approximate surface area is 156 Å². The van der Waals surface area contributed by atoms with Gasteiger partial charge in [0.05, 0.1) is 0 Å². The molecular formula is C17H20N4O5S. The number of aryl methyl sites for hydroxylation is 2. The minimum absolute atomic E-state index is 0.00742. The van der Waals surface area contributed by atoms with Gasteiger partial charge in [0.15, 0.2) is 5.76 Å². The summed E-state index contributed by atoms with van der Waals surface area (Å²) in [5.41, 5.74) is 6.22. The molecule has 9 nitrogen and oxygen atoms in total. The minimum Gasteiger partial charge on any atom is -0.366 e. The number of rotatable bonds is 5. The van der Waals surface area contributed by atoms with Gasteiger partial charge in [-0.3, -0.25) is 9.59 Å². The second-order valence-corrected chi connectivity index (χ2v) is 8.19. The number of hydrogen-bond donors (Lipinski definition) is 2. The maximum atomic E-state index is 13.0. The number of primary amides is 1. The van der Waals surface area contributed by atoms with Gasteiger partial charge in [0.2, 0.25) is 21.8 Å². The van der Waals surface area contributed by atoms with Gasteiger partial charge in [0.1, 0.15) is 16.6 Å². The van der Waals surface area contributed by atoms with Gasteiger partial charge >= 0.3 is 0 Å². The van der Waals surface area contributed by atoms with E-state index in [0.29, 0.717) is 24.1 Å². The van der Waals surface area contributed by atoms with E-state index in [0.717, 1.165) is 0 Å². The Morgan fingerprint density at radius 2 is 1.93 bits per heavy atom. The number of anilines is 1. The minimum atomic E-state index is -3.91. The van der Waals surface area contributed by atoms with Gasteiger partial charge in [-0.05, 0) is 51.0 Å². The van der Waals surface area contributed by atoms with Crippen LogP contribution >= 0.6 is 0 Å². The van der Waals surface area contributed by atoms with Crippen molar-refractivity contribution in [3.63, 3.8) is 0 Å². The molecule has 1 aromatic carbocycles. The SMILES string of the molecule is Cc1noc(C)c1S(=O)(=O)N1CCC[C@H]1C(=O)Nc1ccc(C(N)=O)cc1. The zero-order valence-electron chi connectivity index (χ0n) is 14.9. The largest absolute Gasteiger partial charge is 0.366 e. The molecular weight excluding hydrogens is 372 g/mol. The molecule has 0 radical (unpaired) electrons. The monoisotopic (exact) mass is 392 g/mol. The number of nitrogens with zero attached hydrogens (tertiary/aromatic N) is 2. The zero-order valence-corrected chi connectivity index (χ0v) is 15.7. The highest BCUT2D eigenvalue weighted by Gasteiger charge is 2.41. The number of nitrogens with two attached hydrogens (primary N) is 1. The second kappa shape index (κ2) is 7.12. The number of nitrogens with one attached hydrogen (secondary N) is 1. The molecule has 27 heavy (non-hydrogen) atoms. The van der Waals surface area contributed by atoms with E-state index in [1.807, 2.05) is 0 Å². The maximum absolute atomic E-state index is 13.0. The van der Waals surface area contributed by atoms with Crippen molar-refractivity contribution < 1.29 is 22.5 Å². The van der Waals surface area contributed by atoms with Crippen LogP contribution in [0, 0.1) is 13.8 Å².